The van der Waals surface area contributed by atoms with Gasteiger partial charge in [-0.1, -0.05) is 6.92 Å². The van der Waals surface area contributed by atoms with E-state index in [0.29, 0.717) is 12.6 Å². The van der Waals surface area contributed by atoms with Gasteiger partial charge in [-0.05, 0) is 26.4 Å². The topological polar surface area (TPSA) is 56.4 Å². The Bertz CT molecular complexity index is 193. The van der Waals surface area contributed by atoms with Gasteiger partial charge in [0.15, 0.2) is 0 Å². The van der Waals surface area contributed by atoms with Gasteiger partial charge in [-0.2, -0.15) is 0 Å². The van der Waals surface area contributed by atoms with Crippen molar-refractivity contribution in [3.05, 3.63) is 0 Å². The van der Waals surface area contributed by atoms with Crippen molar-refractivity contribution in [2.45, 2.75) is 25.8 Å². The first-order chi connectivity index (χ1) is 6.63. The molecule has 1 aliphatic heterocycles. The number of hydrogen-bond acceptors (Lipinski definition) is 3. The molecule has 0 amide bonds. The number of nitrogens with one attached hydrogen (secondary N) is 1. The lowest BCUT2D eigenvalue weighted by atomic mass is 10.2. The van der Waals surface area contributed by atoms with Crippen molar-refractivity contribution in [3.63, 3.8) is 0 Å². The van der Waals surface area contributed by atoms with E-state index in [9.17, 15) is 0 Å². The fourth-order valence-corrected chi connectivity index (χ4v) is 2.11. The summed E-state index contributed by atoms with van der Waals surface area (Å²) >= 11 is 0. The van der Waals surface area contributed by atoms with Crippen molar-refractivity contribution in [2.24, 2.45) is 5.73 Å². The van der Waals surface area contributed by atoms with Gasteiger partial charge in [-0.25, -0.2) is 0 Å². The Labute approximate surface area is 86.6 Å². The molecule has 1 saturated heterocycles. The lowest BCUT2D eigenvalue weighted by Gasteiger charge is -2.29. The second-order valence-electron chi connectivity index (χ2n) is 4.17. The standard InChI is InChI=1S/C10H22N4/c1-3-9-7-13(2)5-4-6-14(9)8-10(11)12/h9H,3-8H2,1-2H3,(H3,11,12). The van der Waals surface area contributed by atoms with Crippen LogP contribution in [0, 0.1) is 5.41 Å². The van der Waals surface area contributed by atoms with Gasteiger partial charge in [0.2, 0.25) is 0 Å². The molecule has 4 nitrogen and oxygen atoms in total. The summed E-state index contributed by atoms with van der Waals surface area (Å²) in [6, 6.07) is 0.561. The molecule has 1 fully saturated rings. The number of amidine groups is 1. The van der Waals surface area contributed by atoms with Crippen LogP contribution in [0.1, 0.15) is 19.8 Å². The predicted molar refractivity (Wildman–Crippen MR) is 59.7 cm³/mol. The lowest BCUT2D eigenvalue weighted by molar-refractivity contribution is 0.205. The van der Waals surface area contributed by atoms with Crippen LogP contribution < -0.4 is 5.73 Å². The van der Waals surface area contributed by atoms with Crippen molar-refractivity contribution in [2.75, 3.05) is 33.2 Å². The summed E-state index contributed by atoms with van der Waals surface area (Å²) in [5, 5.41) is 7.34. The quantitative estimate of drug-likeness (QED) is 0.508. The van der Waals surface area contributed by atoms with E-state index in [1.807, 2.05) is 0 Å². The minimum Gasteiger partial charge on any atom is -0.387 e. The predicted octanol–water partition coefficient (Wildman–Crippen LogP) is 0.338. The Hall–Kier alpha value is -0.610. The highest BCUT2D eigenvalue weighted by Crippen LogP contribution is 2.11. The zero-order chi connectivity index (χ0) is 10.6. The van der Waals surface area contributed by atoms with Crippen LogP contribution in [0.15, 0.2) is 0 Å². The van der Waals surface area contributed by atoms with Gasteiger partial charge in [-0.3, -0.25) is 10.3 Å². The monoisotopic (exact) mass is 198 g/mol. The van der Waals surface area contributed by atoms with E-state index in [4.69, 9.17) is 11.1 Å². The van der Waals surface area contributed by atoms with Crippen LogP contribution in [-0.4, -0.2) is 54.9 Å². The molecule has 1 heterocycles. The Kier molecular flexibility index (Phi) is 4.35. The summed E-state index contributed by atoms with van der Waals surface area (Å²) < 4.78 is 0. The van der Waals surface area contributed by atoms with Gasteiger partial charge in [-0.15, -0.1) is 0 Å². The minimum atomic E-state index is 0.285. The van der Waals surface area contributed by atoms with E-state index in [1.165, 1.54) is 6.42 Å². The number of nitrogens with two attached hydrogens (primary N) is 1. The summed E-state index contributed by atoms with van der Waals surface area (Å²) in [5.74, 6) is 0.285. The van der Waals surface area contributed by atoms with E-state index in [-0.39, 0.29) is 5.84 Å². The maximum absolute atomic E-state index is 7.34. The molecule has 0 aromatic carbocycles. The molecule has 3 N–H and O–H groups in total. The van der Waals surface area contributed by atoms with Gasteiger partial charge >= 0.3 is 0 Å². The molecule has 0 aromatic heterocycles. The van der Waals surface area contributed by atoms with Gasteiger partial charge < -0.3 is 10.6 Å². The van der Waals surface area contributed by atoms with Gasteiger partial charge in [0, 0.05) is 19.1 Å². The van der Waals surface area contributed by atoms with Crippen molar-refractivity contribution in [1.29, 1.82) is 5.41 Å². The normalized spacial score (nSPS) is 26.0. The van der Waals surface area contributed by atoms with E-state index in [1.54, 1.807) is 0 Å². The molecular formula is C10H22N4. The molecule has 1 unspecified atom stereocenters. The maximum atomic E-state index is 7.34. The van der Waals surface area contributed by atoms with Crippen LogP contribution in [-0.2, 0) is 0 Å². The fraction of sp³-hybridized carbons (Fsp3) is 0.900. The highest BCUT2D eigenvalue weighted by Gasteiger charge is 2.21. The molecule has 1 atom stereocenters. The van der Waals surface area contributed by atoms with E-state index >= 15 is 0 Å². The Morgan fingerprint density at radius 2 is 2.21 bits per heavy atom. The third-order valence-electron chi connectivity index (χ3n) is 2.87. The van der Waals surface area contributed by atoms with E-state index < -0.39 is 0 Å². The second kappa shape index (κ2) is 5.32. The smallest absolute Gasteiger partial charge is 0.105 e. The first kappa shape index (κ1) is 11.5. The summed E-state index contributed by atoms with van der Waals surface area (Å²) in [6.45, 7) is 6.17. The van der Waals surface area contributed by atoms with E-state index in [0.717, 1.165) is 26.1 Å². The zero-order valence-corrected chi connectivity index (χ0v) is 9.29. The first-order valence-corrected chi connectivity index (χ1v) is 5.39. The largest absolute Gasteiger partial charge is 0.387 e. The van der Waals surface area contributed by atoms with Crippen LogP contribution in [0.4, 0.5) is 0 Å². The highest BCUT2D eigenvalue weighted by atomic mass is 15.2. The number of hydrogen-bond donors (Lipinski definition) is 2. The van der Waals surface area contributed by atoms with Crippen LogP contribution in [0.3, 0.4) is 0 Å². The summed E-state index contributed by atoms with van der Waals surface area (Å²) in [4.78, 5) is 4.71. The summed E-state index contributed by atoms with van der Waals surface area (Å²) in [5.41, 5.74) is 5.45. The van der Waals surface area contributed by atoms with Crippen molar-refractivity contribution in [1.82, 2.24) is 9.80 Å². The van der Waals surface area contributed by atoms with Crippen molar-refractivity contribution in [3.8, 4) is 0 Å². The number of likely N-dealkylation sites (N-methyl/N-ethyl adjacent to an activating group) is 1. The fourth-order valence-electron chi connectivity index (χ4n) is 2.11. The number of rotatable bonds is 3. The molecular weight excluding hydrogens is 176 g/mol. The molecule has 1 aliphatic rings. The van der Waals surface area contributed by atoms with Crippen LogP contribution >= 0.6 is 0 Å². The highest BCUT2D eigenvalue weighted by molar-refractivity contribution is 5.78. The molecule has 0 radical (unpaired) electrons. The SMILES string of the molecule is CCC1CN(C)CCCN1CC(=N)N. The van der Waals surface area contributed by atoms with Gasteiger partial charge in [0.25, 0.3) is 0 Å². The van der Waals surface area contributed by atoms with Gasteiger partial charge in [0.05, 0.1) is 6.54 Å². The first-order valence-electron chi connectivity index (χ1n) is 5.39. The minimum absolute atomic E-state index is 0.285. The molecule has 0 bridgehead atoms. The van der Waals surface area contributed by atoms with Crippen LogP contribution in [0.2, 0.25) is 0 Å². The van der Waals surface area contributed by atoms with Crippen LogP contribution in [0.5, 0.6) is 0 Å². The third kappa shape index (κ3) is 3.27. The second-order valence-corrected chi connectivity index (χ2v) is 4.17. The molecule has 0 aromatic rings. The average Bonchev–Trinajstić information content (AvgIpc) is 2.27. The van der Waals surface area contributed by atoms with Crippen molar-refractivity contribution < 1.29 is 0 Å². The van der Waals surface area contributed by atoms with Crippen molar-refractivity contribution >= 4 is 5.84 Å². The molecule has 0 saturated carbocycles. The average molecular weight is 198 g/mol. The summed E-state index contributed by atoms with van der Waals surface area (Å²) in [6.07, 6.45) is 2.32. The Morgan fingerprint density at radius 3 is 2.79 bits per heavy atom. The summed E-state index contributed by atoms with van der Waals surface area (Å²) in [7, 11) is 2.17. The molecule has 4 heteroatoms. The maximum Gasteiger partial charge on any atom is 0.105 e. The lowest BCUT2D eigenvalue weighted by Crippen LogP contribution is -2.43. The number of nitrogens with zero attached hydrogens (tertiary/aromatic N) is 2. The molecule has 0 spiro atoms. The Morgan fingerprint density at radius 1 is 1.50 bits per heavy atom. The Balaban J connectivity index is 2.56. The van der Waals surface area contributed by atoms with Crippen LogP contribution in [0.25, 0.3) is 0 Å². The van der Waals surface area contributed by atoms with Gasteiger partial charge in [0.1, 0.15) is 5.84 Å². The molecule has 0 aliphatic carbocycles. The zero-order valence-electron chi connectivity index (χ0n) is 9.29. The third-order valence-corrected chi connectivity index (χ3v) is 2.87. The molecule has 1 rings (SSSR count). The molecule has 82 valence electrons. The van der Waals surface area contributed by atoms with E-state index in [2.05, 4.69) is 23.8 Å². The molecule has 14 heavy (non-hydrogen) atoms.